The van der Waals surface area contributed by atoms with Gasteiger partial charge < -0.3 is 15.0 Å². The molecule has 1 atom stereocenters. The van der Waals surface area contributed by atoms with Crippen molar-refractivity contribution in [1.82, 2.24) is 10.2 Å². The van der Waals surface area contributed by atoms with E-state index in [1.165, 1.54) is 11.3 Å². The summed E-state index contributed by atoms with van der Waals surface area (Å²) < 4.78 is 32.4. The average Bonchev–Trinajstić information content (AvgIpc) is 2.94. The molecule has 208 valence electrons. The Morgan fingerprint density at radius 2 is 1.64 bits per heavy atom. The fourth-order valence-electron chi connectivity index (χ4n) is 5.10. The first-order valence-electron chi connectivity index (χ1n) is 13.4. The molecule has 1 unspecified atom stereocenters. The number of anilines is 1. The normalized spacial score (nSPS) is 14.9. The number of nitrogens with one attached hydrogen (secondary N) is 1. The van der Waals surface area contributed by atoms with Crippen LogP contribution in [0.5, 0.6) is 5.75 Å². The molecule has 1 aliphatic carbocycles. The van der Waals surface area contributed by atoms with Crippen molar-refractivity contribution >= 4 is 38.3 Å². The summed E-state index contributed by atoms with van der Waals surface area (Å²) in [6.07, 6.45) is 6.25. The van der Waals surface area contributed by atoms with Gasteiger partial charge in [-0.3, -0.25) is 13.9 Å². The Bertz CT molecular complexity index is 1400. The van der Waals surface area contributed by atoms with Crippen LogP contribution >= 0.6 is 0 Å². The molecule has 0 aromatic heterocycles. The fraction of sp³-hybridized carbons (Fsp3) is 0.400. The maximum atomic E-state index is 13.9. The van der Waals surface area contributed by atoms with Crippen LogP contribution in [-0.4, -0.2) is 57.1 Å². The van der Waals surface area contributed by atoms with Crippen LogP contribution in [0.15, 0.2) is 66.7 Å². The van der Waals surface area contributed by atoms with E-state index in [0.717, 1.165) is 52.6 Å². The number of ether oxygens (including phenoxy) is 1. The van der Waals surface area contributed by atoms with Crippen molar-refractivity contribution in [1.29, 1.82) is 0 Å². The van der Waals surface area contributed by atoms with Crippen LogP contribution in [0.25, 0.3) is 10.8 Å². The lowest BCUT2D eigenvalue weighted by Crippen LogP contribution is -2.53. The molecule has 4 rings (SSSR count). The van der Waals surface area contributed by atoms with Crippen molar-refractivity contribution in [2.75, 3.05) is 24.2 Å². The van der Waals surface area contributed by atoms with Crippen LogP contribution in [0.4, 0.5) is 5.69 Å². The molecule has 0 bridgehead atoms. The van der Waals surface area contributed by atoms with E-state index in [-0.39, 0.29) is 18.5 Å². The third kappa shape index (κ3) is 7.09. The van der Waals surface area contributed by atoms with Gasteiger partial charge in [0.1, 0.15) is 18.3 Å². The van der Waals surface area contributed by atoms with Gasteiger partial charge in [-0.25, -0.2) is 8.42 Å². The highest BCUT2D eigenvalue weighted by Gasteiger charge is 2.31. The smallest absolute Gasteiger partial charge is 0.244 e. The van der Waals surface area contributed by atoms with Gasteiger partial charge >= 0.3 is 0 Å². The highest BCUT2D eigenvalue weighted by atomic mass is 32.2. The van der Waals surface area contributed by atoms with Crippen molar-refractivity contribution in [3.63, 3.8) is 0 Å². The Morgan fingerprint density at radius 1 is 0.974 bits per heavy atom. The molecular formula is C30H37N3O5S. The van der Waals surface area contributed by atoms with Gasteiger partial charge in [-0.1, -0.05) is 67.8 Å². The molecule has 9 heteroatoms. The molecule has 3 aromatic carbocycles. The fourth-order valence-corrected chi connectivity index (χ4v) is 5.96. The predicted molar refractivity (Wildman–Crippen MR) is 154 cm³/mol. The average molecular weight is 552 g/mol. The van der Waals surface area contributed by atoms with E-state index in [1.807, 2.05) is 42.5 Å². The molecule has 2 amide bonds. The minimum Gasteiger partial charge on any atom is -0.497 e. The Hall–Kier alpha value is -3.59. The molecule has 0 heterocycles. The lowest BCUT2D eigenvalue weighted by Gasteiger charge is -2.33. The van der Waals surface area contributed by atoms with Crippen LogP contribution < -0.4 is 14.4 Å². The van der Waals surface area contributed by atoms with Crippen molar-refractivity contribution in [2.45, 2.75) is 57.7 Å². The summed E-state index contributed by atoms with van der Waals surface area (Å²) in [4.78, 5) is 28.7. The minimum atomic E-state index is -3.82. The first-order chi connectivity index (χ1) is 18.7. The molecule has 3 aromatic rings. The van der Waals surface area contributed by atoms with Gasteiger partial charge in [-0.15, -0.1) is 0 Å². The quantitative estimate of drug-likeness (QED) is 0.401. The van der Waals surface area contributed by atoms with Gasteiger partial charge in [0.2, 0.25) is 21.8 Å². The van der Waals surface area contributed by atoms with Crippen LogP contribution in [0, 0.1) is 0 Å². The Kier molecular flexibility index (Phi) is 9.12. The zero-order valence-corrected chi connectivity index (χ0v) is 23.6. The van der Waals surface area contributed by atoms with Crippen molar-refractivity contribution < 1.29 is 22.7 Å². The van der Waals surface area contributed by atoms with Crippen molar-refractivity contribution in [3.05, 3.63) is 72.3 Å². The van der Waals surface area contributed by atoms with Crippen LogP contribution in [0.1, 0.15) is 44.6 Å². The second-order valence-electron chi connectivity index (χ2n) is 10.2. The third-order valence-corrected chi connectivity index (χ3v) is 8.47. The first kappa shape index (κ1) is 28.4. The number of methoxy groups -OCH3 is 1. The summed E-state index contributed by atoms with van der Waals surface area (Å²) in [7, 11) is -2.24. The number of amides is 2. The number of benzene rings is 3. The molecule has 8 nitrogen and oxygen atoms in total. The molecule has 0 saturated heterocycles. The van der Waals surface area contributed by atoms with E-state index in [1.54, 1.807) is 38.3 Å². The molecule has 0 spiro atoms. The Labute approximate surface area is 231 Å². The second kappa shape index (κ2) is 12.5. The van der Waals surface area contributed by atoms with Gasteiger partial charge in [0, 0.05) is 18.0 Å². The number of sulfonamides is 1. The molecule has 39 heavy (non-hydrogen) atoms. The third-order valence-electron chi connectivity index (χ3n) is 7.35. The van der Waals surface area contributed by atoms with Crippen molar-refractivity contribution in [2.24, 2.45) is 0 Å². The Morgan fingerprint density at radius 3 is 2.31 bits per heavy atom. The van der Waals surface area contributed by atoms with Gasteiger partial charge in [0.25, 0.3) is 0 Å². The molecule has 1 saturated carbocycles. The highest BCUT2D eigenvalue weighted by Crippen LogP contribution is 2.29. The summed E-state index contributed by atoms with van der Waals surface area (Å²) in [5.41, 5.74) is 1.23. The number of hydrogen-bond acceptors (Lipinski definition) is 5. The molecule has 0 aliphatic heterocycles. The van der Waals surface area contributed by atoms with E-state index in [9.17, 15) is 18.0 Å². The summed E-state index contributed by atoms with van der Waals surface area (Å²) in [6.45, 7) is 1.42. The standard InChI is InChI=1S/C30H37N3O5S/c1-22(30(35)31-25-12-5-4-6-13-25)32(20-23-16-18-26(38-2)19-17-23)29(34)21-33(39(3,36)37)28-15-9-11-24-10-7-8-14-27(24)28/h7-11,14-19,22,25H,4-6,12-13,20-21H2,1-3H3,(H,31,35). The Balaban J connectivity index is 1.64. The maximum Gasteiger partial charge on any atom is 0.244 e. The maximum absolute atomic E-state index is 13.9. The molecule has 1 fully saturated rings. The lowest BCUT2D eigenvalue weighted by molar-refractivity contribution is -0.139. The summed E-state index contributed by atoms with van der Waals surface area (Å²) in [5.74, 6) is -0.0192. The molecule has 1 N–H and O–H groups in total. The second-order valence-corrected chi connectivity index (χ2v) is 12.1. The number of carbonyl (C=O) groups excluding carboxylic acids is 2. The number of hydrogen-bond donors (Lipinski definition) is 1. The van der Waals surface area contributed by atoms with Crippen molar-refractivity contribution in [3.8, 4) is 5.75 Å². The van der Waals surface area contributed by atoms with E-state index >= 15 is 0 Å². The van der Waals surface area contributed by atoms with Gasteiger partial charge in [0.05, 0.1) is 19.1 Å². The molecule has 0 radical (unpaired) electrons. The van der Waals surface area contributed by atoms with Crippen LogP contribution in [0.3, 0.4) is 0 Å². The summed E-state index contributed by atoms with van der Waals surface area (Å²) >= 11 is 0. The topological polar surface area (TPSA) is 96.0 Å². The predicted octanol–water partition coefficient (Wildman–Crippen LogP) is 4.48. The van der Waals surface area contributed by atoms with E-state index in [4.69, 9.17) is 4.74 Å². The number of fused-ring (bicyclic) bond motifs is 1. The molecule has 1 aliphatic rings. The summed E-state index contributed by atoms with van der Waals surface area (Å²) in [6, 6.07) is 19.4. The molecular weight excluding hydrogens is 514 g/mol. The largest absolute Gasteiger partial charge is 0.497 e. The number of rotatable bonds is 10. The van der Waals surface area contributed by atoms with Gasteiger partial charge in [-0.05, 0) is 48.9 Å². The number of carbonyl (C=O) groups is 2. The lowest BCUT2D eigenvalue weighted by atomic mass is 9.95. The van der Waals surface area contributed by atoms with E-state index in [0.29, 0.717) is 11.4 Å². The zero-order valence-electron chi connectivity index (χ0n) is 22.8. The summed E-state index contributed by atoms with van der Waals surface area (Å²) in [5, 5.41) is 4.70. The minimum absolute atomic E-state index is 0.0924. The number of nitrogens with zero attached hydrogens (tertiary/aromatic N) is 2. The highest BCUT2D eigenvalue weighted by molar-refractivity contribution is 7.92. The first-order valence-corrected chi connectivity index (χ1v) is 15.2. The zero-order chi connectivity index (χ0) is 28.0. The SMILES string of the molecule is COc1ccc(CN(C(=O)CN(c2cccc3ccccc23)S(C)(=O)=O)C(C)C(=O)NC2CCCCC2)cc1. The van der Waals surface area contributed by atoms with E-state index in [2.05, 4.69) is 5.32 Å². The monoisotopic (exact) mass is 551 g/mol. The van der Waals surface area contributed by atoms with Gasteiger partial charge in [0.15, 0.2) is 0 Å². The van der Waals surface area contributed by atoms with E-state index < -0.39 is 28.5 Å². The van der Waals surface area contributed by atoms with Crippen LogP contribution in [-0.2, 0) is 26.2 Å². The van der Waals surface area contributed by atoms with Gasteiger partial charge in [-0.2, -0.15) is 0 Å². The van der Waals surface area contributed by atoms with Crippen LogP contribution in [0.2, 0.25) is 0 Å².